The van der Waals surface area contributed by atoms with E-state index in [0.29, 0.717) is 49.2 Å². The Morgan fingerprint density at radius 3 is 2.31 bits per heavy atom. The van der Waals surface area contributed by atoms with Gasteiger partial charge in [0.2, 0.25) is 0 Å². The number of imide groups is 1. The number of hydrogen-bond donors (Lipinski definition) is 0. The molecule has 5 nitrogen and oxygen atoms in total. The fourth-order valence-corrected chi connectivity index (χ4v) is 4.95. The second-order valence-corrected chi connectivity index (χ2v) is 9.70. The summed E-state index contributed by atoms with van der Waals surface area (Å²) in [5.74, 6) is 0.661. The molecule has 3 aromatic carbocycles. The fourth-order valence-electron chi connectivity index (χ4n) is 3.40. The number of hydrogen-bond acceptors (Lipinski definition) is 5. The second kappa shape index (κ2) is 11.4. The Labute approximate surface area is 222 Å². The lowest BCUT2D eigenvalue weighted by Crippen LogP contribution is -2.27. The summed E-state index contributed by atoms with van der Waals surface area (Å²) in [4.78, 5) is 27.0. The van der Waals surface area contributed by atoms with Crippen LogP contribution in [-0.2, 0) is 17.9 Å². The van der Waals surface area contributed by atoms with Crippen molar-refractivity contribution in [1.29, 1.82) is 0 Å². The molecule has 2 amide bonds. The summed E-state index contributed by atoms with van der Waals surface area (Å²) in [5, 5.41) is 1.03. The first-order valence-electron chi connectivity index (χ1n) is 10.7. The molecular formula is C26H20Cl3NO4S. The number of halogens is 3. The zero-order chi connectivity index (χ0) is 24.9. The van der Waals surface area contributed by atoms with E-state index in [-0.39, 0.29) is 18.4 Å². The van der Waals surface area contributed by atoms with E-state index < -0.39 is 5.91 Å². The lowest BCUT2D eigenvalue weighted by atomic mass is 10.1. The molecule has 0 unspecified atom stereocenters. The number of carbonyl (C=O) groups is 2. The van der Waals surface area contributed by atoms with Gasteiger partial charge in [0.15, 0.2) is 11.5 Å². The van der Waals surface area contributed by atoms with Gasteiger partial charge in [-0.15, -0.1) is 0 Å². The normalized spacial score (nSPS) is 14.6. The van der Waals surface area contributed by atoms with Crippen LogP contribution >= 0.6 is 46.6 Å². The van der Waals surface area contributed by atoms with Gasteiger partial charge in [0, 0.05) is 26.2 Å². The average Bonchev–Trinajstić information content (AvgIpc) is 3.09. The van der Waals surface area contributed by atoms with E-state index in [9.17, 15) is 9.59 Å². The van der Waals surface area contributed by atoms with Crippen molar-refractivity contribution in [3.8, 4) is 11.5 Å². The van der Waals surface area contributed by atoms with Crippen LogP contribution in [0.4, 0.5) is 4.79 Å². The van der Waals surface area contributed by atoms with Gasteiger partial charge in [-0.3, -0.25) is 14.5 Å². The molecular weight excluding hydrogens is 529 g/mol. The van der Waals surface area contributed by atoms with Gasteiger partial charge in [0.05, 0.1) is 18.1 Å². The molecule has 0 aromatic heterocycles. The van der Waals surface area contributed by atoms with E-state index in [2.05, 4.69) is 0 Å². The molecule has 1 heterocycles. The summed E-state index contributed by atoms with van der Waals surface area (Å²) < 4.78 is 11.7. The second-order valence-electron chi connectivity index (χ2n) is 7.49. The molecule has 1 aliphatic rings. The summed E-state index contributed by atoms with van der Waals surface area (Å²) in [6.07, 6.45) is 1.65. The maximum Gasteiger partial charge on any atom is 0.293 e. The molecule has 0 N–H and O–H groups in total. The van der Waals surface area contributed by atoms with Gasteiger partial charge in [0.1, 0.15) is 6.61 Å². The molecule has 1 saturated heterocycles. The first-order valence-corrected chi connectivity index (χ1v) is 12.6. The molecule has 0 atom stereocenters. The Balaban J connectivity index is 1.53. The molecule has 1 aliphatic heterocycles. The zero-order valence-corrected chi connectivity index (χ0v) is 21.7. The average molecular weight is 549 g/mol. The maximum atomic E-state index is 13.0. The highest BCUT2D eigenvalue weighted by Gasteiger charge is 2.35. The van der Waals surface area contributed by atoms with Gasteiger partial charge in [-0.25, -0.2) is 0 Å². The highest BCUT2D eigenvalue weighted by Crippen LogP contribution is 2.37. The number of amides is 2. The number of carbonyl (C=O) groups excluding carboxylic acids is 2. The van der Waals surface area contributed by atoms with Gasteiger partial charge in [-0.1, -0.05) is 65.1 Å². The minimum atomic E-state index is -0.409. The largest absolute Gasteiger partial charge is 0.490 e. The summed E-state index contributed by atoms with van der Waals surface area (Å²) in [7, 11) is 0. The van der Waals surface area contributed by atoms with E-state index in [1.54, 1.807) is 48.5 Å². The highest BCUT2D eigenvalue weighted by atomic mass is 35.5. The zero-order valence-electron chi connectivity index (χ0n) is 18.6. The van der Waals surface area contributed by atoms with Gasteiger partial charge in [-0.2, -0.15) is 0 Å². The van der Waals surface area contributed by atoms with Crippen molar-refractivity contribution < 1.29 is 19.1 Å². The number of ether oxygens (including phenoxy) is 2. The van der Waals surface area contributed by atoms with Crippen molar-refractivity contribution in [3.63, 3.8) is 0 Å². The molecule has 4 rings (SSSR count). The third-order valence-electron chi connectivity index (χ3n) is 5.16. The quantitative estimate of drug-likeness (QED) is 0.268. The van der Waals surface area contributed by atoms with Crippen LogP contribution < -0.4 is 9.47 Å². The van der Waals surface area contributed by atoms with Crippen LogP contribution in [-0.4, -0.2) is 22.7 Å². The number of nitrogens with zero attached hydrogens (tertiary/aromatic N) is 1. The van der Waals surface area contributed by atoms with Gasteiger partial charge in [0.25, 0.3) is 11.1 Å². The van der Waals surface area contributed by atoms with E-state index in [1.165, 1.54) is 0 Å². The maximum absolute atomic E-state index is 13.0. The number of rotatable bonds is 8. The van der Waals surface area contributed by atoms with Crippen molar-refractivity contribution in [2.45, 2.75) is 20.1 Å². The van der Waals surface area contributed by atoms with Crippen molar-refractivity contribution in [3.05, 3.63) is 97.3 Å². The first kappa shape index (κ1) is 25.5. The molecule has 9 heteroatoms. The highest BCUT2D eigenvalue weighted by molar-refractivity contribution is 8.18. The van der Waals surface area contributed by atoms with Crippen molar-refractivity contribution in [1.82, 2.24) is 4.90 Å². The Kier molecular flexibility index (Phi) is 8.29. The molecule has 1 fully saturated rings. The summed E-state index contributed by atoms with van der Waals surface area (Å²) in [5.41, 5.74) is 2.07. The van der Waals surface area contributed by atoms with Crippen LogP contribution in [0.5, 0.6) is 11.5 Å². The lowest BCUT2D eigenvalue weighted by Gasteiger charge is -2.15. The van der Waals surface area contributed by atoms with Crippen LogP contribution in [0, 0.1) is 0 Å². The predicted octanol–water partition coefficient (Wildman–Crippen LogP) is 7.86. The Morgan fingerprint density at radius 1 is 0.886 bits per heavy atom. The van der Waals surface area contributed by atoms with Gasteiger partial charge < -0.3 is 9.47 Å². The third-order valence-corrected chi connectivity index (χ3v) is 7.14. The van der Waals surface area contributed by atoms with Gasteiger partial charge in [-0.05, 0) is 60.7 Å². The van der Waals surface area contributed by atoms with Crippen LogP contribution in [0.3, 0.4) is 0 Å². The number of thioether (sulfide) groups is 1. The molecule has 3 aromatic rings. The van der Waals surface area contributed by atoms with E-state index in [0.717, 1.165) is 22.2 Å². The van der Waals surface area contributed by atoms with Crippen molar-refractivity contribution in [2.24, 2.45) is 0 Å². The summed E-state index contributed by atoms with van der Waals surface area (Å²) >= 11 is 19.5. The SMILES string of the molecule is CCOc1cc(/C=C2\SC(=O)N(Cc3c(Cl)cccc3Cl)C2=O)ccc1OCc1ccccc1Cl. The first-order chi connectivity index (χ1) is 16.9. The topological polar surface area (TPSA) is 55.8 Å². The minimum absolute atomic E-state index is 0.000464. The summed E-state index contributed by atoms with van der Waals surface area (Å²) in [6.45, 7) is 2.58. The predicted molar refractivity (Wildman–Crippen MR) is 141 cm³/mol. The Bertz CT molecular complexity index is 1290. The summed E-state index contributed by atoms with van der Waals surface area (Å²) in [6, 6.07) is 17.8. The molecule has 0 aliphatic carbocycles. The molecule has 0 spiro atoms. The van der Waals surface area contributed by atoms with Gasteiger partial charge >= 0.3 is 0 Å². The van der Waals surface area contributed by atoms with Crippen LogP contribution in [0.1, 0.15) is 23.6 Å². The van der Waals surface area contributed by atoms with Crippen LogP contribution in [0.2, 0.25) is 15.1 Å². The van der Waals surface area contributed by atoms with Crippen LogP contribution in [0.15, 0.2) is 65.6 Å². The number of benzene rings is 3. The molecule has 0 bridgehead atoms. The fraction of sp³-hybridized carbons (Fsp3) is 0.154. The van der Waals surface area contributed by atoms with Crippen molar-refractivity contribution >= 4 is 63.8 Å². The Hall–Kier alpha value is -2.64. The third kappa shape index (κ3) is 5.96. The molecule has 0 saturated carbocycles. The smallest absolute Gasteiger partial charge is 0.293 e. The lowest BCUT2D eigenvalue weighted by molar-refractivity contribution is -0.123. The van der Waals surface area contributed by atoms with E-state index >= 15 is 0 Å². The minimum Gasteiger partial charge on any atom is -0.490 e. The van der Waals surface area contributed by atoms with Crippen LogP contribution in [0.25, 0.3) is 6.08 Å². The molecule has 35 heavy (non-hydrogen) atoms. The monoisotopic (exact) mass is 547 g/mol. The van der Waals surface area contributed by atoms with E-state index in [1.807, 2.05) is 25.1 Å². The van der Waals surface area contributed by atoms with Crippen molar-refractivity contribution in [2.75, 3.05) is 6.61 Å². The van der Waals surface area contributed by atoms with E-state index in [4.69, 9.17) is 44.3 Å². The molecule has 180 valence electrons. The molecule has 0 radical (unpaired) electrons. The Morgan fingerprint density at radius 2 is 1.60 bits per heavy atom. The standard InChI is InChI=1S/C26H20Cl3NO4S/c1-2-33-23-12-16(10-11-22(23)34-15-17-6-3-4-7-19(17)27)13-24-25(31)30(26(32)35-24)14-18-20(28)8-5-9-21(18)29/h3-13H,2,14-15H2,1H3/b24-13-.